The van der Waals surface area contributed by atoms with Crippen LogP contribution in [-0.2, 0) is 23.1 Å². The summed E-state index contributed by atoms with van der Waals surface area (Å²) >= 11 is 1.64. The first kappa shape index (κ1) is 18.1. The average molecular weight is 354 g/mol. The summed E-state index contributed by atoms with van der Waals surface area (Å²) in [5.41, 5.74) is 0.241. The van der Waals surface area contributed by atoms with Crippen LogP contribution in [0.3, 0.4) is 0 Å². The smallest absolute Gasteiger partial charge is 0.241 e. The normalized spacial score (nSPS) is 12.5. The van der Waals surface area contributed by atoms with Crippen LogP contribution in [-0.4, -0.2) is 18.9 Å². The Morgan fingerprint density at radius 2 is 1.87 bits per heavy atom. The van der Waals surface area contributed by atoms with E-state index in [1.807, 2.05) is 46.0 Å². The molecular weight excluding hydrogens is 330 g/mol. The second-order valence-corrected chi connectivity index (χ2v) is 9.38. The number of hydrogen-bond acceptors (Lipinski definition) is 5. The van der Waals surface area contributed by atoms with Gasteiger partial charge in [-0.15, -0.1) is 11.3 Å². The fourth-order valence-electron chi connectivity index (χ4n) is 2.18. The number of benzene rings is 1. The fraction of sp³-hybridized carbons (Fsp3) is 0.438. The topological polar surface area (TPSA) is 71.1 Å². The molecule has 0 fully saturated rings. The fourth-order valence-corrected chi connectivity index (χ4v) is 4.60. The summed E-state index contributed by atoms with van der Waals surface area (Å²) in [5, 5.41) is 4.31. The maximum absolute atomic E-state index is 12.6. The van der Waals surface area contributed by atoms with Crippen molar-refractivity contribution in [1.29, 1.82) is 0 Å². The van der Waals surface area contributed by atoms with E-state index in [0.717, 1.165) is 15.4 Å². The van der Waals surface area contributed by atoms with Gasteiger partial charge in [0.1, 0.15) is 0 Å². The molecule has 2 aromatic rings. The molecule has 126 valence electrons. The van der Waals surface area contributed by atoms with Crippen molar-refractivity contribution in [3.63, 3.8) is 0 Å². The van der Waals surface area contributed by atoms with Crippen LogP contribution in [0.4, 0.5) is 0 Å². The molecule has 0 unspecified atom stereocenters. The van der Waals surface area contributed by atoms with E-state index in [1.54, 1.807) is 23.5 Å². The van der Waals surface area contributed by atoms with Crippen LogP contribution in [0.25, 0.3) is 0 Å². The predicted molar refractivity (Wildman–Crippen MR) is 93.9 cm³/mol. The van der Waals surface area contributed by atoms with E-state index in [-0.39, 0.29) is 0 Å². The van der Waals surface area contributed by atoms with Gasteiger partial charge in [-0.25, -0.2) is 18.1 Å². The van der Waals surface area contributed by atoms with E-state index in [4.69, 9.17) is 0 Å². The van der Waals surface area contributed by atoms with E-state index >= 15 is 0 Å². The second kappa shape index (κ2) is 7.09. The van der Waals surface area contributed by atoms with Gasteiger partial charge in [0.2, 0.25) is 10.0 Å². The Morgan fingerprint density at radius 1 is 1.17 bits per heavy atom. The molecule has 0 aliphatic carbocycles. The lowest BCUT2D eigenvalue weighted by molar-refractivity contribution is 0.490. The van der Waals surface area contributed by atoms with Gasteiger partial charge in [-0.1, -0.05) is 18.2 Å². The molecule has 0 aliphatic heterocycles. The lowest BCUT2D eigenvalue weighted by Crippen LogP contribution is -2.40. The van der Waals surface area contributed by atoms with E-state index in [2.05, 4.69) is 15.0 Å². The lowest BCUT2D eigenvalue weighted by atomic mass is 10.1. The van der Waals surface area contributed by atoms with Gasteiger partial charge in [0.05, 0.1) is 9.90 Å². The van der Waals surface area contributed by atoms with Crippen molar-refractivity contribution < 1.29 is 8.42 Å². The Bertz CT molecular complexity index is 762. The number of sulfonamides is 1. The highest BCUT2D eigenvalue weighted by Crippen LogP contribution is 2.18. The monoisotopic (exact) mass is 353 g/mol. The third-order valence-corrected chi connectivity index (χ3v) is 5.76. The van der Waals surface area contributed by atoms with Crippen molar-refractivity contribution in [1.82, 2.24) is 15.0 Å². The lowest BCUT2D eigenvalue weighted by Gasteiger charge is -2.21. The Kier molecular flexibility index (Phi) is 5.57. The van der Waals surface area contributed by atoms with Crippen molar-refractivity contribution in [2.24, 2.45) is 0 Å². The Hall–Kier alpha value is -1.28. The van der Waals surface area contributed by atoms with Gasteiger partial charge in [-0.3, -0.25) is 0 Å². The van der Waals surface area contributed by atoms with E-state index in [1.165, 1.54) is 0 Å². The third-order valence-electron chi connectivity index (χ3n) is 2.99. The van der Waals surface area contributed by atoms with Gasteiger partial charge in [0.25, 0.3) is 0 Å². The van der Waals surface area contributed by atoms with Gasteiger partial charge >= 0.3 is 0 Å². The Balaban J connectivity index is 2.11. The van der Waals surface area contributed by atoms with E-state index in [0.29, 0.717) is 18.0 Å². The van der Waals surface area contributed by atoms with Crippen molar-refractivity contribution in [3.05, 3.63) is 45.9 Å². The summed E-state index contributed by atoms with van der Waals surface area (Å²) in [5.74, 6) is 0. The molecule has 7 heteroatoms. The Labute approximate surface area is 142 Å². The molecule has 1 aromatic heterocycles. The average Bonchev–Trinajstić information content (AvgIpc) is 2.82. The van der Waals surface area contributed by atoms with Gasteiger partial charge in [-0.05, 0) is 39.3 Å². The van der Waals surface area contributed by atoms with Crippen molar-refractivity contribution in [3.8, 4) is 0 Å². The van der Waals surface area contributed by atoms with E-state index < -0.39 is 15.6 Å². The van der Waals surface area contributed by atoms with Crippen molar-refractivity contribution in [2.45, 2.75) is 51.2 Å². The highest BCUT2D eigenvalue weighted by molar-refractivity contribution is 7.89. The number of nitrogens with zero attached hydrogens (tertiary/aromatic N) is 1. The minimum atomic E-state index is -3.54. The molecule has 0 saturated carbocycles. The first-order chi connectivity index (χ1) is 10.7. The number of nitrogens with one attached hydrogen (secondary N) is 2. The molecule has 0 amide bonds. The molecule has 1 heterocycles. The molecule has 0 radical (unpaired) electrons. The molecule has 5 nitrogen and oxygen atoms in total. The Morgan fingerprint density at radius 3 is 2.48 bits per heavy atom. The molecule has 2 N–H and O–H groups in total. The van der Waals surface area contributed by atoms with Gasteiger partial charge < -0.3 is 5.32 Å². The molecule has 23 heavy (non-hydrogen) atoms. The van der Waals surface area contributed by atoms with Crippen LogP contribution >= 0.6 is 11.3 Å². The summed E-state index contributed by atoms with van der Waals surface area (Å²) in [7, 11) is -3.54. The molecule has 0 saturated heterocycles. The van der Waals surface area contributed by atoms with Crippen LogP contribution < -0.4 is 10.0 Å². The third kappa shape index (κ3) is 5.39. The molecule has 2 rings (SSSR count). The highest BCUT2D eigenvalue weighted by Gasteiger charge is 2.23. The minimum Gasteiger partial charge on any atom is -0.308 e. The van der Waals surface area contributed by atoms with Gasteiger partial charge in [0, 0.05) is 29.7 Å². The maximum Gasteiger partial charge on any atom is 0.241 e. The number of hydrogen-bond donors (Lipinski definition) is 2. The van der Waals surface area contributed by atoms with Crippen LogP contribution in [0.5, 0.6) is 0 Å². The van der Waals surface area contributed by atoms with Crippen molar-refractivity contribution >= 4 is 21.4 Å². The summed E-state index contributed by atoms with van der Waals surface area (Å²) in [4.78, 5) is 5.67. The van der Waals surface area contributed by atoms with Crippen LogP contribution in [0.2, 0.25) is 0 Å². The SMILES string of the molecule is Cc1ncc(CNCc2ccccc2S(=O)(=O)NC(C)(C)C)s1. The van der Waals surface area contributed by atoms with Crippen LogP contribution in [0, 0.1) is 6.92 Å². The zero-order valence-corrected chi connectivity index (χ0v) is 15.5. The zero-order chi connectivity index (χ0) is 17.1. The number of rotatable bonds is 6. The number of aromatic nitrogens is 1. The predicted octanol–water partition coefficient (Wildman–Crippen LogP) is 2.82. The zero-order valence-electron chi connectivity index (χ0n) is 13.9. The van der Waals surface area contributed by atoms with E-state index in [9.17, 15) is 8.42 Å². The largest absolute Gasteiger partial charge is 0.308 e. The summed E-state index contributed by atoms with van der Waals surface area (Å²) in [6, 6.07) is 7.07. The molecule has 0 atom stereocenters. The number of thiazole rings is 1. The number of aryl methyl sites for hydroxylation is 1. The van der Waals surface area contributed by atoms with Crippen LogP contribution in [0.1, 0.15) is 36.2 Å². The summed E-state index contributed by atoms with van der Waals surface area (Å²) < 4.78 is 27.8. The molecule has 0 spiro atoms. The molecule has 0 aliphatic rings. The van der Waals surface area contributed by atoms with Gasteiger partial charge in [0.15, 0.2) is 0 Å². The van der Waals surface area contributed by atoms with Crippen molar-refractivity contribution in [2.75, 3.05) is 0 Å². The first-order valence-electron chi connectivity index (χ1n) is 7.41. The molecule has 1 aromatic carbocycles. The maximum atomic E-state index is 12.6. The summed E-state index contributed by atoms with van der Waals surface area (Å²) in [6.07, 6.45) is 1.84. The molecular formula is C16H23N3O2S2. The van der Waals surface area contributed by atoms with Gasteiger partial charge in [-0.2, -0.15) is 0 Å². The summed E-state index contributed by atoms with van der Waals surface area (Å²) in [6.45, 7) is 8.62. The second-order valence-electron chi connectivity index (χ2n) is 6.41. The molecule has 0 bridgehead atoms. The quantitative estimate of drug-likeness (QED) is 0.838. The van der Waals surface area contributed by atoms with Crippen LogP contribution in [0.15, 0.2) is 35.4 Å². The standard InChI is InChI=1S/C16H23N3O2S2/c1-12-18-11-14(22-12)10-17-9-13-7-5-6-8-15(13)23(20,21)19-16(2,3)4/h5-8,11,17,19H,9-10H2,1-4H3. The first-order valence-corrected chi connectivity index (χ1v) is 9.71. The highest BCUT2D eigenvalue weighted by atomic mass is 32.2. The minimum absolute atomic E-state index is 0.322.